The molecular formula is C17H23F3N2O3. The van der Waals surface area contributed by atoms with Crippen molar-refractivity contribution in [1.82, 2.24) is 10.6 Å². The summed E-state index contributed by atoms with van der Waals surface area (Å²) >= 11 is 0. The number of amides is 2. The first kappa shape index (κ1) is 21.0. The van der Waals surface area contributed by atoms with Crippen molar-refractivity contribution in [1.29, 1.82) is 0 Å². The van der Waals surface area contributed by atoms with Crippen molar-refractivity contribution >= 4 is 11.8 Å². The van der Waals surface area contributed by atoms with Crippen molar-refractivity contribution in [2.45, 2.75) is 32.4 Å². The lowest BCUT2D eigenvalue weighted by atomic mass is 9.87. The van der Waals surface area contributed by atoms with E-state index >= 15 is 0 Å². The van der Waals surface area contributed by atoms with Crippen LogP contribution in [0.4, 0.5) is 13.2 Å². The first-order chi connectivity index (χ1) is 11.5. The van der Waals surface area contributed by atoms with Crippen molar-refractivity contribution in [3.05, 3.63) is 35.4 Å². The van der Waals surface area contributed by atoms with Crippen LogP contribution < -0.4 is 10.6 Å². The van der Waals surface area contributed by atoms with E-state index in [-0.39, 0.29) is 25.1 Å². The Kier molecular flexibility index (Phi) is 7.41. The Morgan fingerprint density at radius 2 is 1.64 bits per heavy atom. The van der Waals surface area contributed by atoms with Gasteiger partial charge in [-0.05, 0) is 23.1 Å². The van der Waals surface area contributed by atoms with E-state index in [9.17, 15) is 22.8 Å². The lowest BCUT2D eigenvalue weighted by Crippen LogP contribution is -2.38. The zero-order valence-electron chi connectivity index (χ0n) is 14.5. The SMILES string of the molecule is CC(C)(C)c1ccc(C(=O)NCC(=O)NCCOCC(F)(F)F)cc1. The average molecular weight is 360 g/mol. The second-order valence-corrected chi connectivity index (χ2v) is 6.53. The minimum Gasteiger partial charge on any atom is -0.370 e. The molecule has 1 aromatic carbocycles. The van der Waals surface area contributed by atoms with E-state index in [4.69, 9.17) is 0 Å². The van der Waals surface area contributed by atoms with Gasteiger partial charge in [-0.25, -0.2) is 0 Å². The first-order valence-corrected chi connectivity index (χ1v) is 7.79. The number of ether oxygens (including phenoxy) is 1. The van der Waals surface area contributed by atoms with E-state index in [1.54, 1.807) is 12.1 Å². The number of nitrogens with one attached hydrogen (secondary N) is 2. The van der Waals surface area contributed by atoms with Crippen molar-refractivity contribution in [3.8, 4) is 0 Å². The van der Waals surface area contributed by atoms with E-state index in [1.165, 1.54) is 0 Å². The van der Waals surface area contributed by atoms with Gasteiger partial charge in [0, 0.05) is 12.1 Å². The molecule has 0 radical (unpaired) electrons. The molecule has 25 heavy (non-hydrogen) atoms. The molecule has 0 bridgehead atoms. The third-order valence-electron chi connectivity index (χ3n) is 3.26. The fraction of sp³-hybridized carbons (Fsp3) is 0.529. The van der Waals surface area contributed by atoms with E-state index in [0.717, 1.165) is 5.56 Å². The van der Waals surface area contributed by atoms with Crippen LogP contribution in [0.25, 0.3) is 0 Å². The van der Waals surface area contributed by atoms with Gasteiger partial charge in [-0.2, -0.15) is 13.2 Å². The molecule has 2 amide bonds. The van der Waals surface area contributed by atoms with Crippen LogP contribution >= 0.6 is 0 Å². The number of hydrogen-bond donors (Lipinski definition) is 2. The third kappa shape index (κ3) is 8.53. The molecule has 140 valence electrons. The summed E-state index contributed by atoms with van der Waals surface area (Å²) < 4.78 is 39.9. The van der Waals surface area contributed by atoms with E-state index in [2.05, 4.69) is 36.1 Å². The van der Waals surface area contributed by atoms with Gasteiger partial charge in [-0.15, -0.1) is 0 Å². The summed E-state index contributed by atoms with van der Waals surface area (Å²) in [6, 6.07) is 7.07. The molecule has 8 heteroatoms. The lowest BCUT2D eigenvalue weighted by Gasteiger charge is -2.19. The minimum atomic E-state index is -4.39. The first-order valence-electron chi connectivity index (χ1n) is 7.79. The second-order valence-electron chi connectivity index (χ2n) is 6.53. The summed E-state index contributed by atoms with van der Waals surface area (Å²) in [6.07, 6.45) is -4.39. The lowest BCUT2D eigenvalue weighted by molar-refractivity contribution is -0.173. The largest absolute Gasteiger partial charge is 0.411 e. The normalized spacial score (nSPS) is 11.9. The molecule has 0 aliphatic rings. The fourth-order valence-corrected chi connectivity index (χ4v) is 1.90. The van der Waals surface area contributed by atoms with E-state index in [0.29, 0.717) is 5.56 Å². The van der Waals surface area contributed by atoms with Gasteiger partial charge in [0.25, 0.3) is 5.91 Å². The molecule has 1 aromatic rings. The summed E-state index contributed by atoms with van der Waals surface area (Å²) in [5, 5.41) is 4.81. The highest BCUT2D eigenvalue weighted by atomic mass is 19.4. The Balaban J connectivity index is 2.30. The van der Waals surface area contributed by atoms with Gasteiger partial charge >= 0.3 is 6.18 Å². The molecule has 0 saturated heterocycles. The molecule has 0 atom stereocenters. The predicted octanol–water partition coefficient (Wildman–Crippen LogP) is 2.41. The molecule has 0 fully saturated rings. The highest BCUT2D eigenvalue weighted by Crippen LogP contribution is 2.22. The summed E-state index contributed by atoms with van der Waals surface area (Å²) in [5.74, 6) is -0.904. The molecular weight excluding hydrogens is 337 g/mol. The van der Waals surface area contributed by atoms with Crippen molar-refractivity contribution in [2.24, 2.45) is 0 Å². The van der Waals surface area contributed by atoms with Crippen molar-refractivity contribution < 1.29 is 27.5 Å². The van der Waals surface area contributed by atoms with Gasteiger partial charge in [0.1, 0.15) is 6.61 Å². The minimum absolute atomic E-state index is 0.0247. The number of carbonyl (C=O) groups excluding carboxylic acids is 2. The fourth-order valence-electron chi connectivity index (χ4n) is 1.90. The second kappa shape index (κ2) is 8.84. The van der Waals surface area contributed by atoms with E-state index < -0.39 is 24.6 Å². The van der Waals surface area contributed by atoms with Crippen LogP contribution in [0.1, 0.15) is 36.7 Å². The molecule has 0 spiro atoms. The topological polar surface area (TPSA) is 67.4 Å². The Labute approximate surface area is 144 Å². The van der Waals surface area contributed by atoms with Gasteiger partial charge in [-0.1, -0.05) is 32.9 Å². The van der Waals surface area contributed by atoms with Crippen LogP contribution in [-0.2, 0) is 14.9 Å². The number of benzene rings is 1. The number of hydrogen-bond acceptors (Lipinski definition) is 3. The molecule has 1 rings (SSSR count). The quantitative estimate of drug-likeness (QED) is 0.734. The highest BCUT2D eigenvalue weighted by Gasteiger charge is 2.27. The Morgan fingerprint density at radius 1 is 1.04 bits per heavy atom. The molecule has 5 nitrogen and oxygen atoms in total. The van der Waals surface area contributed by atoms with Crippen LogP contribution in [0.3, 0.4) is 0 Å². The molecule has 0 heterocycles. The zero-order valence-corrected chi connectivity index (χ0v) is 14.5. The maximum Gasteiger partial charge on any atom is 0.411 e. The standard InChI is InChI=1S/C17H23F3N2O3/c1-16(2,3)13-6-4-12(5-7-13)15(24)22-10-14(23)21-8-9-25-11-17(18,19)20/h4-7H,8-11H2,1-3H3,(H,21,23)(H,22,24). The monoisotopic (exact) mass is 360 g/mol. The molecule has 0 aliphatic heterocycles. The van der Waals surface area contributed by atoms with Crippen molar-refractivity contribution in [2.75, 3.05) is 26.3 Å². The zero-order chi connectivity index (χ0) is 19.1. The number of alkyl halides is 3. The van der Waals surface area contributed by atoms with Gasteiger partial charge in [0.15, 0.2) is 0 Å². The van der Waals surface area contributed by atoms with Crippen LogP contribution in [0.2, 0.25) is 0 Å². The number of halogens is 3. The van der Waals surface area contributed by atoms with Gasteiger partial charge in [0.2, 0.25) is 5.91 Å². The Hall–Kier alpha value is -2.09. The third-order valence-corrected chi connectivity index (χ3v) is 3.26. The molecule has 2 N–H and O–H groups in total. The van der Waals surface area contributed by atoms with E-state index in [1.807, 2.05) is 12.1 Å². The van der Waals surface area contributed by atoms with Crippen molar-refractivity contribution in [3.63, 3.8) is 0 Å². The summed E-state index contributed by atoms with van der Waals surface area (Å²) in [4.78, 5) is 23.5. The maximum atomic E-state index is 12.0. The van der Waals surface area contributed by atoms with Crippen LogP contribution in [0.5, 0.6) is 0 Å². The summed E-state index contributed by atoms with van der Waals surface area (Å²) in [6.45, 7) is 4.24. The highest BCUT2D eigenvalue weighted by molar-refractivity contribution is 5.96. The average Bonchev–Trinajstić information content (AvgIpc) is 2.50. The molecule has 0 unspecified atom stereocenters. The van der Waals surface area contributed by atoms with Gasteiger partial charge in [0.05, 0.1) is 13.2 Å². The van der Waals surface area contributed by atoms with Crippen LogP contribution in [-0.4, -0.2) is 44.3 Å². The van der Waals surface area contributed by atoms with Crippen LogP contribution in [0.15, 0.2) is 24.3 Å². The number of carbonyl (C=O) groups is 2. The summed E-state index contributed by atoms with van der Waals surface area (Å²) in [5.41, 5.74) is 1.48. The van der Waals surface area contributed by atoms with Gasteiger partial charge < -0.3 is 15.4 Å². The molecule has 0 aromatic heterocycles. The Bertz CT molecular complexity index is 578. The predicted molar refractivity (Wildman–Crippen MR) is 87.4 cm³/mol. The van der Waals surface area contributed by atoms with Crippen LogP contribution in [0, 0.1) is 0 Å². The smallest absolute Gasteiger partial charge is 0.370 e. The number of rotatable bonds is 7. The van der Waals surface area contributed by atoms with Gasteiger partial charge in [-0.3, -0.25) is 9.59 Å². The molecule has 0 aliphatic carbocycles. The molecule has 0 saturated carbocycles. The Morgan fingerprint density at radius 3 is 2.16 bits per heavy atom. The summed E-state index contributed by atoms with van der Waals surface area (Å²) in [7, 11) is 0. The maximum absolute atomic E-state index is 12.0.